The maximum absolute atomic E-state index is 3.60. The Balaban J connectivity index is 1.74. The Bertz CT molecular complexity index is 367. The third-order valence-corrected chi connectivity index (χ3v) is 4.89. The Kier molecular flexibility index (Phi) is 6.91. The van der Waals surface area contributed by atoms with E-state index in [1.807, 2.05) is 11.8 Å². The average Bonchev–Trinajstić information content (AvgIpc) is 2.47. The Morgan fingerprint density at radius 3 is 2.80 bits per heavy atom. The SMILES string of the molecule is CC(C)NCC1CCCCN1CCSc1ccccc1. The number of likely N-dealkylation sites (tertiary alicyclic amines) is 1. The van der Waals surface area contributed by atoms with Crippen molar-refractivity contribution >= 4 is 11.8 Å². The lowest BCUT2D eigenvalue weighted by molar-refractivity contribution is 0.153. The summed E-state index contributed by atoms with van der Waals surface area (Å²) in [5.74, 6) is 1.20. The van der Waals surface area contributed by atoms with E-state index in [4.69, 9.17) is 0 Å². The molecule has 2 nitrogen and oxygen atoms in total. The second-order valence-corrected chi connectivity index (χ2v) is 7.08. The third-order valence-electron chi connectivity index (χ3n) is 3.90. The fraction of sp³-hybridized carbons (Fsp3) is 0.647. The fourth-order valence-electron chi connectivity index (χ4n) is 2.75. The van der Waals surface area contributed by atoms with Crippen LogP contribution in [0.5, 0.6) is 0 Å². The predicted octanol–water partition coefficient (Wildman–Crippen LogP) is 3.63. The molecule has 0 aliphatic carbocycles. The molecule has 1 heterocycles. The number of thioether (sulfide) groups is 1. The first kappa shape index (κ1) is 15.9. The molecule has 1 aliphatic heterocycles. The van der Waals surface area contributed by atoms with Crippen LogP contribution in [0.4, 0.5) is 0 Å². The van der Waals surface area contributed by atoms with Crippen molar-refractivity contribution in [3.05, 3.63) is 30.3 Å². The van der Waals surface area contributed by atoms with Crippen LogP contribution >= 0.6 is 11.8 Å². The lowest BCUT2D eigenvalue weighted by Gasteiger charge is -2.36. The summed E-state index contributed by atoms with van der Waals surface area (Å²) in [7, 11) is 0. The van der Waals surface area contributed by atoms with Crippen molar-refractivity contribution in [1.82, 2.24) is 10.2 Å². The van der Waals surface area contributed by atoms with E-state index < -0.39 is 0 Å². The van der Waals surface area contributed by atoms with Crippen LogP contribution in [-0.4, -0.2) is 42.4 Å². The summed E-state index contributed by atoms with van der Waals surface area (Å²) in [5.41, 5.74) is 0. The fourth-order valence-corrected chi connectivity index (χ4v) is 3.67. The van der Waals surface area contributed by atoms with Gasteiger partial charge in [-0.3, -0.25) is 4.90 Å². The van der Waals surface area contributed by atoms with E-state index in [1.54, 1.807) is 0 Å². The first-order valence-electron chi connectivity index (χ1n) is 7.91. The molecule has 1 aromatic rings. The quantitative estimate of drug-likeness (QED) is 0.773. The maximum Gasteiger partial charge on any atom is 0.0221 e. The van der Waals surface area contributed by atoms with E-state index in [0.29, 0.717) is 6.04 Å². The van der Waals surface area contributed by atoms with Crippen molar-refractivity contribution in [2.45, 2.75) is 50.1 Å². The van der Waals surface area contributed by atoms with E-state index in [2.05, 4.69) is 54.4 Å². The summed E-state index contributed by atoms with van der Waals surface area (Å²) in [5, 5.41) is 3.60. The van der Waals surface area contributed by atoms with E-state index in [1.165, 1.54) is 43.0 Å². The van der Waals surface area contributed by atoms with Crippen LogP contribution in [0.1, 0.15) is 33.1 Å². The van der Waals surface area contributed by atoms with Gasteiger partial charge >= 0.3 is 0 Å². The van der Waals surface area contributed by atoms with Gasteiger partial charge in [0.05, 0.1) is 0 Å². The molecule has 2 rings (SSSR count). The van der Waals surface area contributed by atoms with Crippen LogP contribution in [0, 0.1) is 0 Å². The Morgan fingerprint density at radius 2 is 2.05 bits per heavy atom. The summed E-state index contributed by atoms with van der Waals surface area (Å²) >= 11 is 1.98. The number of rotatable bonds is 7. The summed E-state index contributed by atoms with van der Waals surface area (Å²) in [6.45, 7) is 8.11. The van der Waals surface area contributed by atoms with Gasteiger partial charge in [0.2, 0.25) is 0 Å². The molecule has 0 saturated carbocycles. The van der Waals surface area contributed by atoms with Gasteiger partial charge in [0.25, 0.3) is 0 Å². The van der Waals surface area contributed by atoms with Crippen LogP contribution in [0.15, 0.2) is 35.2 Å². The number of hydrogen-bond donors (Lipinski definition) is 1. The summed E-state index contributed by atoms with van der Waals surface area (Å²) < 4.78 is 0. The van der Waals surface area contributed by atoms with Gasteiger partial charge < -0.3 is 5.32 Å². The average molecular weight is 292 g/mol. The molecular formula is C17H28N2S. The van der Waals surface area contributed by atoms with Crippen LogP contribution in [0.2, 0.25) is 0 Å². The monoisotopic (exact) mass is 292 g/mol. The highest BCUT2D eigenvalue weighted by atomic mass is 32.2. The zero-order valence-electron chi connectivity index (χ0n) is 12.8. The lowest BCUT2D eigenvalue weighted by atomic mass is 10.0. The van der Waals surface area contributed by atoms with Crippen molar-refractivity contribution in [2.24, 2.45) is 0 Å². The molecule has 1 aromatic carbocycles. The summed E-state index contributed by atoms with van der Waals surface area (Å²) in [6.07, 6.45) is 4.12. The van der Waals surface area contributed by atoms with E-state index in [-0.39, 0.29) is 0 Å². The van der Waals surface area contributed by atoms with Gasteiger partial charge in [-0.2, -0.15) is 0 Å². The van der Waals surface area contributed by atoms with E-state index >= 15 is 0 Å². The van der Waals surface area contributed by atoms with Crippen LogP contribution < -0.4 is 5.32 Å². The minimum atomic E-state index is 0.595. The second-order valence-electron chi connectivity index (χ2n) is 5.91. The van der Waals surface area contributed by atoms with Gasteiger partial charge in [0.15, 0.2) is 0 Å². The molecule has 1 aliphatic rings. The van der Waals surface area contributed by atoms with Crippen LogP contribution in [0.3, 0.4) is 0 Å². The molecule has 1 unspecified atom stereocenters. The zero-order valence-corrected chi connectivity index (χ0v) is 13.7. The van der Waals surface area contributed by atoms with Gasteiger partial charge in [-0.25, -0.2) is 0 Å². The molecular weight excluding hydrogens is 264 g/mol. The van der Waals surface area contributed by atoms with E-state index in [9.17, 15) is 0 Å². The Morgan fingerprint density at radius 1 is 1.25 bits per heavy atom. The first-order chi connectivity index (χ1) is 9.75. The smallest absolute Gasteiger partial charge is 0.0221 e. The number of nitrogens with zero attached hydrogens (tertiary/aromatic N) is 1. The number of benzene rings is 1. The lowest BCUT2D eigenvalue weighted by Crippen LogP contribution is -2.47. The second kappa shape index (κ2) is 8.71. The zero-order chi connectivity index (χ0) is 14.2. The minimum absolute atomic E-state index is 0.595. The number of hydrogen-bond acceptors (Lipinski definition) is 3. The molecule has 3 heteroatoms. The van der Waals surface area contributed by atoms with Gasteiger partial charge in [0, 0.05) is 35.8 Å². The molecule has 1 N–H and O–H groups in total. The molecule has 112 valence electrons. The highest BCUT2D eigenvalue weighted by Gasteiger charge is 2.21. The standard InChI is InChI=1S/C17H28N2S/c1-15(2)18-14-16-8-6-7-11-19(16)12-13-20-17-9-4-3-5-10-17/h3-5,9-10,15-16,18H,6-8,11-14H2,1-2H3. The van der Waals surface area contributed by atoms with Crippen molar-refractivity contribution in [3.63, 3.8) is 0 Å². The highest BCUT2D eigenvalue weighted by Crippen LogP contribution is 2.20. The number of nitrogens with one attached hydrogen (secondary N) is 1. The molecule has 1 saturated heterocycles. The maximum atomic E-state index is 3.60. The molecule has 1 fully saturated rings. The molecule has 20 heavy (non-hydrogen) atoms. The van der Waals surface area contributed by atoms with Gasteiger partial charge in [-0.1, -0.05) is 38.5 Å². The van der Waals surface area contributed by atoms with Crippen molar-refractivity contribution in [3.8, 4) is 0 Å². The van der Waals surface area contributed by atoms with Gasteiger partial charge in [-0.15, -0.1) is 11.8 Å². The Labute approximate surface area is 128 Å². The largest absolute Gasteiger partial charge is 0.313 e. The summed E-state index contributed by atoms with van der Waals surface area (Å²) in [6, 6.07) is 12.1. The van der Waals surface area contributed by atoms with Gasteiger partial charge in [-0.05, 0) is 31.5 Å². The Hall–Kier alpha value is -0.510. The van der Waals surface area contributed by atoms with Crippen LogP contribution in [0.25, 0.3) is 0 Å². The summed E-state index contributed by atoms with van der Waals surface area (Å²) in [4.78, 5) is 4.08. The molecule has 0 amide bonds. The third kappa shape index (κ3) is 5.47. The number of piperidine rings is 1. The van der Waals surface area contributed by atoms with E-state index in [0.717, 1.165) is 12.6 Å². The predicted molar refractivity (Wildman–Crippen MR) is 89.5 cm³/mol. The van der Waals surface area contributed by atoms with Crippen molar-refractivity contribution in [2.75, 3.05) is 25.4 Å². The van der Waals surface area contributed by atoms with Crippen molar-refractivity contribution in [1.29, 1.82) is 0 Å². The molecule has 1 atom stereocenters. The first-order valence-corrected chi connectivity index (χ1v) is 8.89. The van der Waals surface area contributed by atoms with Crippen molar-refractivity contribution < 1.29 is 0 Å². The molecule has 0 spiro atoms. The topological polar surface area (TPSA) is 15.3 Å². The minimum Gasteiger partial charge on any atom is -0.313 e. The molecule has 0 radical (unpaired) electrons. The normalized spacial score (nSPS) is 20.4. The highest BCUT2D eigenvalue weighted by molar-refractivity contribution is 7.99. The van der Waals surface area contributed by atoms with Crippen LogP contribution in [-0.2, 0) is 0 Å². The molecule has 0 bridgehead atoms. The molecule has 0 aromatic heterocycles. The van der Waals surface area contributed by atoms with Gasteiger partial charge in [0.1, 0.15) is 0 Å².